The highest BCUT2D eigenvalue weighted by Crippen LogP contribution is 2.23. The molecule has 0 aliphatic rings. The summed E-state index contributed by atoms with van der Waals surface area (Å²) < 4.78 is 54.8. The lowest BCUT2D eigenvalue weighted by atomic mass is 10.2. The van der Waals surface area contributed by atoms with Gasteiger partial charge in [0.1, 0.15) is 0 Å². The van der Waals surface area contributed by atoms with Crippen LogP contribution >= 0.6 is 0 Å². The largest absolute Gasteiger partial charge is 0.298 e. The maximum absolute atomic E-state index is 12.6. The van der Waals surface area contributed by atoms with Gasteiger partial charge in [-0.25, -0.2) is 12.6 Å². The van der Waals surface area contributed by atoms with E-state index < -0.39 is 31.2 Å². The second kappa shape index (κ2) is 7.07. The molecule has 0 aromatic heterocycles. The molecule has 6 nitrogen and oxygen atoms in total. The lowest BCUT2D eigenvalue weighted by Gasteiger charge is -2.16. The van der Waals surface area contributed by atoms with Gasteiger partial charge in [-0.3, -0.25) is 4.79 Å². The first-order valence-electron chi connectivity index (χ1n) is 7.35. The molecule has 1 atom stereocenters. The second-order valence-electron chi connectivity index (χ2n) is 5.66. The Morgan fingerprint density at radius 2 is 1.20 bits per heavy atom. The summed E-state index contributed by atoms with van der Waals surface area (Å²) in [6.07, 6.45) is 0. The third-order valence-electron chi connectivity index (χ3n) is 3.49. The number of benzene rings is 2. The van der Waals surface area contributed by atoms with Gasteiger partial charge >= 0.3 is 0 Å². The van der Waals surface area contributed by atoms with Crippen LogP contribution in [0.25, 0.3) is 0 Å². The standard InChI is InChI=1S/C17H18O6S2/c1-12-4-8-15(9-5-12)24(19,20)17(14(3)18)23-25(21,22)16-10-6-13(2)7-11-16/h4-11,17H,1-3H3. The SMILES string of the molecule is CC(=O)C(OS(=O)(=O)c1ccc(C)cc1)S(=O)(=O)c1ccc(C)cc1. The van der Waals surface area contributed by atoms with Crippen molar-refractivity contribution in [1.29, 1.82) is 0 Å². The average molecular weight is 382 g/mol. The van der Waals surface area contributed by atoms with Gasteiger partial charge in [0.2, 0.25) is 15.3 Å². The minimum atomic E-state index is -4.42. The first-order valence-corrected chi connectivity index (χ1v) is 10.3. The predicted molar refractivity (Wildman–Crippen MR) is 92.3 cm³/mol. The lowest BCUT2D eigenvalue weighted by molar-refractivity contribution is -0.120. The van der Waals surface area contributed by atoms with Crippen LogP contribution in [0.3, 0.4) is 0 Å². The van der Waals surface area contributed by atoms with Crippen LogP contribution in [-0.4, -0.2) is 28.1 Å². The molecule has 0 saturated carbocycles. The van der Waals surface area contributed by atoms with Gasteiger partial charge in [-0.1, -0.05) is 35.4 Å². The van der Waals surface area contributed by atoms with Crippen molar-refractivity contribution in [3.05, 3.63) is 59.7 Å². The summed E-state index contributed by atoms with van der Waals surface area (Å²) in [5.41, 5.74) is -0.484. The number of Topliss-reactive ketones (excluding diaryl/α,β-unsaturated/α-hetero) is 1. The van der Waals surface area contributed by atoms with E-state index >= 15 is 0 Å². The molecule has 25 heavy (non-hydrogen) atoms. The average Bonchev–Trinajstić information content (AvgIpc) is 2.53. The quantitative estimate of drug-likeness (QED) is 0.712. The maximum atomic E-state index is 12.6. The summed E-state index contributed by atoms with van der Waals surface area (Å²) in [5.74, 6) is -0.920. The Hall–Kier alpha value is -2.03. The lowest BCUT2D eigenvalue weighted by Crippen LogP contribution is -2.33. The Labute approximate surface area is 147 Å². The van der Waals surface area contributed by atoms with Crippen LogP contribution in [-0.2, 0) is 28.9 Å². The molecule has 2 aromatic rings. The van der Waals surface area contributed by atoms with E-state index in [1.807, 2.05) is 0 Å². The maximum Gasteiger partial charge on any atom is 0.298 e. The minimum Gasteiger partial charge on any atom is -0.296 e. The Morgan fingerprint density at radius 3 is 1.60 bits per heavy atom. The highest BCUT2D eigenvalue weighted by atomic mass is 32.2. The van der Waals surface area contributed by atoms with Gasteiger partial charge in [0.15, 0.2) is 5.78 Å². The zero-order valence-electron chi connectivity index (χ0n) is 14.0. The topological polar surface area (TPSA) is 94.6 Å². The van der Waals surface area contributed by atoms with Gasteiger partial charge in [0.05, 0.1) is 9.79 Å². The van der Waals surface area contributed by atoms with Gasteiger partial charge in [0, 0.05) is 0 Å². The number of sulfone groups is 1. The van der Waals surface area contributed by atoms with Crippen molar-refractivity contribution in [1.82, 2.24) is 0 Å². The van der Waals surface area contributed by atoms with Crippen molar-refractivity contribution < 1.29 is 25.8 Å². The molecule has 0 radical (unpaired) electrons. The van der Waals surface area contributed by atoms with Crippen molar-refractivity contribution in [2.75, 3.05) is 0 Å². The molecule has 0 fully saturated rings. The number of carbonyl (C=O) groups excluding carboxylic acids is 1. The molecule has 0 bridgehead atoms. The summed E-state index contributed by atoms with van der Waals surface area (Å²) in [6, 6.07) is 11.4. The number of ketones is 1. The normalized spacial score (nSPS) is 13.4. The molecule has 134 valence electrons. The zero-order chi connectivity index (χ0) is 18.8. The van der Waals surface area contributed by atoms with E-state index in [4.69, 9.17) is 4.18 Å². The molecule has 2 rings (SSSR count). The Morgan fingerprint density at radius 1 is 0.800 bits per heavy atom. The Bertz CT molecular complexity index is 972. The van der Waals surface area contributed by atoms with Crippen LogP contribution in [0.1, 0.15) is 18.1 Å². The van der Waals surface area contributed by atoms with Crippen molar-refractivity contribution in [2.24, 2.45) is 0 Å². The fourth-order valence-corrected chi connectivity index (χ4v) is 4.93. The van der Waals surface area contributed by atoms with Gasteiger partial charge in [-0.15, -0.1) is 0 Å². The molecular weight excluding hydrogens is 364 g/mol. The van der Waals surface area contributed by atoms with Crippen molar-refractivity contribution in [2.45, 2.75) is 36.0 Å². The zero-order valence-corrected chi connectivity index (χ0v) is 15.6. The van der Waals surface area contributed by atoms with Gasteiger partial charge < -0.3 is 0 Å². The van der Waals surface area contributed by atoms with Crippen LogP contribution in [0.2, 0.25) is 0 Å². The van der Waals surface area contributed by atoms with E-state index in [2.05, 4.69) is 0 Å². The van der Waals surface area contributed by atoms with E-state index in [0.29, 0.717) is 0 Å². The van der Waals surface area contributed by atoms with E-state index in [0.717, 1.165) is 18.1 Å². The molecule has 8 heteroatoms. The third-order valence-corrected chi connectivity index (χ3v) is 6.83. The number of rotatable bonds is 6. The number of aryl methyl sites for hydroxylation is 2. The van der Waals surface area contributed by atoms with Crippen LogP contribution in [0.4, 0.5) is 0 Å². The molecule has 0 spiro atoms. The van der Waals surface area contributed by atoms with Crippen molar-refractivity contribution in [3.8, 4) is 0 Å². The summed E-state index contributed by atoms with van der Waals surface area (Å²) in [4.78, 5) is 11.4. The molecule has 0 aliphatic heterocycles. The number of hydrogen-bond donors (Lipinski definition) is 0. The van der Waals surface area contributed by atoms with Crippen LogP contribution < -0.4 is 0 Å². The van der Waals surface area contributed by atoms with E-state index in [1.165, 1.54) is 24.3 Å². The van der Waals surface area contributed by atoms with Crippen molar-refractivity contribution >= 4 is 25.7 Å². The summed E-state index contributed by atoms with van der Waals surface area (Å²) in [7, 11) is -8.74. The van der Waals surface area contributed by atoms with Gasteiger partial charge in [-0.2, -0.15) is 8.42 Å². The molecular formula is C17H18O6S2. The summed E-state index contributed by atoms with van der Waals surface area (Å²) >= 11 is 0. The minimum absolute atomic E-state index is 0.183. The first kappa shape index (κ1) is 19.3. The monoisotopic (exact) mass is 382 g/mol. The van der Waals surface area contributed by atoms with Gasteiger partial charge in [0.25, 0.3) is 10.1 Å². The van der Waals surface area contributed by atoms with Gasteiger partial charge in [-0.05, 0) is 45.0 Å². The molecule has 2 aromatic carbocycles. The molecule has 0 amide bonds. The highest BCUT2D eigenvalue weighted by Gasteiger charge is 2.37. The van der Waals surface area contributed by atoms with E-state index in [-0.39, 0.29) is 9.79 Å². The van der Waals surface area contributed by atoms with Crippen LogP contribution in [0, 0.1) is 13.8 Å². The smallest absolute Gasteiger partial charge is 0.296 e. The summed E-state index contributed by atoms with van der Waals surface area (Å²) in [5, 5.41) is 0. The van der Waals surface area contributed by atoms with E-state index in [1.54, 1.807) is 38.1 Å². The molecule has 0 heterocycles. The summed E-state index contributed by atoms with van der Waals surface area (Å²) in [6.45, 7) is 4.52. The van der Waals surface area contributed by atoms with E-state index in [9.17, 15) is 21.6 Å². The third kappa shape index (κ3) is 4.33. The van der Waals surface area contributed by atoms with Crippen LogP contribution in [0.5, 0.6) is 0 Å². The fourth-order valence-electron chi connectivity index (χ4n) is 2.07. The highest BCUT2D eigenvalue weighted by molar-refractivity contribution is 7.94. The first-order chi connectivity index (χ1) is 11.5. The molecule has 0 N–H and O–H groups in total. The molecule has 0 saturated heterocycles. The molecule has 0 aliphatic carbocycles. The predicted octanol–water partition coefficient (Wildman–Crippen LogP) is 2.40. The van der Waals surface area contributed by atoms with Crippen LogP contribution in [0.15, 0.2) is 58.3 Å². The Kier molecular flexibility index (Phi) is 5.46. The fraction of sp³-hybridized carbons (Fsp3) is 0.235. The number of carbonyl (C=O) groups is 1. The molecule has 1 unspecified atom stereocenters. The van der Waals surface area contributed by atoms with Crippen molar-refractivity contribution in [3.63, 3.8) is 0 Å². The Balaban J connectivity index is 2.43. The number of hydrogen-bond acceptors (Lipinski definition) is 6. The second-order valence-corrected chi connectivity index (χ2v) is 9.23.